The van der Waals surface area contributed by atoms with Crippen LogP contribution in [0.1, 0.15) is 27.7 Å². The lowest BCUT2D eigenvalue weighted by Crippen LogP contribution is -2.41. The van der Waals surface area contributed by atoms with Crippen molar-refractivity contribution in [1.29, 1.82) is 0 Å². The fourth-order valence-electron chi connectivity index (χ4n) is 1.89. The number of sulfone groups is 1. The van der Waals surface area contributed by atoms with E-state index in [-0.39, 0.29) is 11.2 Å². The van der Waals surface area contributed by atoms with Gasteiger partial charge in [0.25, 0.3) is 0 Å². The molecule has 0 aliphatic rings. The van der Waals surface area contributed by atoms with E-state index in [0.29, 0.717) is 12.5 Å². The summed E-state index contributed by atoms with van der Waals surface area (Å²) in [6.07, 6.45) is 1.29. The van der Waals surface area contributed by atoms with Crippen LogP contribution in [0.4, 0.5) is 0 Å². The molecule has 0 aromatic rings. The molecule has 18 heavy (non-hydrogen) atoms. The normalized spacial score (nSPS) is 13.6. The lowest BCUT2D eigenvalue weighted by Gasteiger charge is -2.30. The summed E-state index contributed by atoms with van der Waals surface area (Å²) in [7, 11) is -0.879. The predicted octanol–water partition coefficient (Wildman–Crippen LogP) is 1.23. The van der Waals surface area contributed by atoms with Crippen molar-refractivity contribution >= 4 is 9.84 Å². The minimum Gasteiger partial charge on any atom is -0.316 e. The van der Waals surface area contributed by atoms with Crippen molar-refractivity contribution in [2.75, 3.05) is 45.2 Å². The Morgan fingerprint density at radius 1 is 1.28 bits per heavy atom. The number of nitrogens with zero attached hydrogens (tertiary/aromatic N) is 1. The molecule has 1 N–H and O–H groups in total. The quantitative estimate of drug-likeness (QED) is 0.689. The van der Waals surface area contributed by atoms with Crippen LogP contribution in [0.3, 0.4) is 0 Å². The SMILES string of the molecule is CC(C)CNCC(C)(C)CN(C)CCS(C)(=O)=O. The van der Waals surface area contributed by atoms with Crippen LogP contribution in [0, 0.1) is 11.3 Å². The van der Waals surface area contributed by atoms with Crippen LogP contribution >= 0.6 is 0 Å². The maximum Gasteiger partial charge on any atom is 0.148 e. The summed E-state index contributed by atoms with van der Waals surface area (Å²) < 4.78 is 22.2. The molecular weight excluding hydrogens is 248 g/mol. The third-order valence-corrected chi connectivity index (χ3v) is 3.62. The van der Waals surface area contributed by atoms with Gasteiger partial charge in [-0.15, -0.1) is 0 Å². The monoisotopic (exact) mass is 278 g/mol. The summed E-state index contributed by atoms with van der Waals surface area (Å²) in [6, 6.07) is 0. The van der Waals surface area contributed by atoms with E-state index in [1.807, 2.05) is 7.05 Å². The van der Waals surface area contributed by atoms with Gasteiger partial charge in [0.05, 0.1) is 5.75 Å². The van der Waals surface area contributed by atoms with E-state index in [0.717, 1.165) is 19.6 Å². The smallest absolute Gasteiger partial charge is 0.148 e. The summed E-state index contributed by atoms with van der Waals surface area (Å²) in [6.45, 7) is 12.3. The van der Waals surface area contributed by atoms with E-state index < -0.39 is 9.84 Å². The summed E-state index contributed by atoms with van der Waals surface area (Å²) in [4.78, 5) is 2.10. The van der Waals surface area contributed by atoms with Crippen LogP contribution < -0.4 is 5.32 Å². The molecule has 0 radical (unpaired) electrons. The third kappa shape index (κ3) is 11.0. The third-order valence-electron chi connectivity index (χ3n) is 2.70. The standard InChI is InChI=1S/C13H30N2O2S/c1-12(2)9-14-10-13(3,4)11-15(5)7-8-18(6,16)17/h12,14H,7-11H2,1-6H3. The molecule has 5 heteroatoms. The van der Waals surface area contributed by atoms with Gasteiger partial charge in [0, 0.05) is 25.9 Å². The molecule has 0 spiro atoms. The molecule has 0 aromatic carbocycles. The Balaban J connectivity index is 3.99. The minimum absolute atomic E-state index is 0.154. The van der Waals surface area contributed by atoms with E-state index in [4.69, 9.17) is 0 Å². The van der Waals surface area contributed by atoms with Gasteiger partial charge in [0.15, 0.2) is 0 Å². The maximum atomic E-state index is 11.1. The molecule has 0 saturated carbocycles. The zero-order chi connectivity index (χ0) is 14.4. The number of nitrogens with one attached hydrogen (secondary N) is 1. The van der Waals surface area contributed by atoms with Crippen molar-refractivity contribution in [1.82, 2.24) is 10.2 Å². The highest BCUT2D eigenvalue weighted by Crippen LogP contribution is 2.15. The van der Waals surface area contributed by atoms with Crippen molar-refractivity contribution in [2.45, 2.75) is 27.7 Å². The Morgan fingerprint density at radius 3 is 2.28 bits per heavy atom. The Morgan fingerprint density at radius 2 is 1.83 bits per heavy atom. The van der Waals surface area contributed by atoms with Gasteiger partial charge in [-0.1, -0.05) is 27.7 Å². The molecule has 0 rings (SSSR count). The Hall–Kier alpha value is -0.130. The van der Waals surface area contributed by atoms with Crippen molar-refractivity contribution < 1.29 is 8.42 Å². The second kappa shape index (κ2) is 7.46. The first-order valence-corrected chi connectivity index (χ1v) is 8.65. The fourth-order valence-corrected chi connectivity index (χ4v) is 2.53. The molecule has 0 bridgehead atoms. The van der Waals surface area contributed by atoms with Gasteiger partial charge in [0.2, 0.25) is 0 Å². The first kappa shape index (κ1) is 17.9. The van der Waals surface area contributed by atoms with Gasteiger partial charge in [-0.05, 0) is 24.9 Å². The van der Waals surface area contributed by atoms with Crippen molar-refractivity contribution in [3.8, 4) is 0 Å². The van der Waals surface area contributed by atoms with Crippen molar-refractivity contribution in [2.24, 2.45) is 11.3 Å². The highest BCUT2D eigenvalue weighted by Gasteiger charge is 2.20. The van der Waals surface area contributed by atoms with Crippen LogP contribution in [0.25, 0.3) is 0 Å². The van der Waals surface area contributed by atoms with Crippen molar-refractivity contribution in [3.05, 3.63) is 0 Å². The van der Waals surface area contributed by atoms with Crippen molar-refractivity contribution in [3.63, 3.8) is 0 Å². The number of hydrogen-bond acceptors (Lipinski definition) is 4. The van der Waals surface area contributed by atoms with E-state index in [1.165, 1.54) is 6.26 Å². The second-order valence-corrected chi connectivity index (χ2v) is 8.82. The van der Waals surface area contributed by atoms with Gasteiger partial charge in [-0.25, -0.2) is 8.42 Å². The number of rotatable bonds is 9. The average molecular weight is 278 g/mol. The minimum atomic E-state index is -2.86. The van der Waals surface area contributed by atoms with Crippen LogP contribution in [0.5, 0.6) is 0 Å². The molecule has 0 atom stereocenters. The van der Waals surface area contributed by atoms with Crippen LogP contribution in [0.2, 0.25) is 0 Å². The number of hydrogen-bond donors (Lipinski definition) is 1. The Labute approximate surface area is 113 Å². The average Bonchev–Trinajstić information content (AvgIpc) is 2.11. The lowest BCUT2D eigenvalue weighted by molar-refractivity contribution is 0.210. The molecule has 0 aliphatic heterocycles. The van der Waals surface area contributed by atoms with E-state index in [9.17, 15) is 8.42 Å². The summed E-state index contributed by atoms with van der Waals surface area (Å²) >= 11 is 0. The first-order valence-electron chi connectivity index (χ1n) is 6.59. The topological polar surface area (TPSA) is 49.4 Å². The molecule has 0 heterocycles. The lowest BCUT2D eigenvalue weighted by atomic mass is 9.92. The molecule has 0 unspecified atom stereocenters. The molecule has 0 amide bonds. The maximum absolute atomic E-state index is 11.1. The van der Waals surface area contributed by atoms with E-state index >= 15 is 0 Å². The molecule has 0 fully saturated rings. The molecule has 4 nitrogen and oxygen atoms in total. The summed E-state index contributed by atoms with van der Waals surface area (Å²) in [5.41, 5.74) is 0.154. The first-order chi connectivity index (χ1) is 8.02. The van der Waals surface area contributed by atoms with Crippen LogP contribution in [0.15, 0.2) is 0 Å². The second-order valence-electron chi connectivity index (χ2n) is 6.56. The molecular formula is C13H30N2O2S. The largest absolute Gasteiger partial charge is 0.316 e. The molecule has 0 aromatic heterocycles. The molecule has 110 valence electrons. The summed E-state index contributed by atoms with van der Waals surface area (Å²) in [5.74, 6) is 0.891. The highest BCUT2D eigenvalue weighted by atomic mass is 32.2. The van der Waals surface area contributed by atoms with E-state index in [2.05, 4.69) is 37.9 Å². The summed E-state index contributed by atoms with van der Waals surface area (Å²) in [5, 5.41) is 3.46. The Kier molecular flexibility index (Phi) is 7.40. The van der Waals surface area contributed by atoms with Crippen LogP contribution in [-0.4, -0.2) is 58.6 Å². The zero-order valence-corrected chi connectivity index (χ0v) is 13.6. The van der Waals surface area contributed by atoms with Gasteiger partial charge in [0.1, 0.15) is 9.84 Å². The predicted molar refractivity (Wildman–Crippen MR) is 78.7 cm³/mol. The zero-order valence-electron chi connectivity index (χ0n) is 12.8. The van der Waals surface area contributed by atoms with Crippen LogP contribution in [-0.2, 0) is 9.84 Å². The van der Waals surface area contributed by atoms with Gasteiger partial charge in [-0.2, -0.15) is 0 Å². The van der Waals surface area contributed by atoms with E-state index in [1.54, 1.807) is 0 Å². The fraction of sp³-hybridized carbons (Fsp3) is 1.00. The van der Waals surface area contributed by atoms with Gasteiger partial charge < -0.3 is 10.2 Å². The highest BCUT2D eigenvalue weighted by molar-refractivity contribution is 7.90. The van der Waals surface area contributed by atoms with Gasteiger partial charge in [-0.3, -0.25) is 0 Å². The van der Waals surface area contributed by atoms with Gasteiger partial charge >= 0.3 is 0 Å². The molecule has 0 saturated heterocycles. The Bertz CT molecular complexity index is 324. The molecule has 0 aliphatic carbocycles.